The maximum Gasteiger partial charge on any atom is 0.233 e. The van der Waals surface area contributed by atoms with E-state index in [1.807, 2.05) is 29.3 Å². The van der Waals surface area contributed by atoms with E-state index in [1.54, 1.807) is 11.8 Å². The number of aryl methyl sites for hydroxylation is 3. The number of nitrogens with zero attached hydrogens (tertiary/aromatic N) is 3. The van der Waals surface area contributed by atoms with Crippen LogP contribution in [0, 0.1) is 20.8 Å². The topological polar surface area (TPSA) is 36.4 Å². The molecule has 2 aromatic rings. The number of thioether (sulfide) groups is 1. The number of anilines is 1. The highest BCUT2D eigenvalue weighted by molar-refractivity contribution is 8.00. The van der Waals surface area contributed by atoms with Gasteiger partial charge in [-0.05, 0) is 44.0 Å². The predicted octanol–water partition coefficient (Wildman–Crippen LogP) is 3.45. The van der Waals surface area contributed by atoms with Gasteiger partial charge in [0.15, 0.2) is 0 Å². The first-order valence-corrected chi connectivity index (χ1v) is 9.67. The molecule has 0 unspecified atom stereocenters. The van der Waals surface area contributed by atoms with E-state index in [4.69, 9.17) is 0 Å². The summed E-state index contributed by atoms with van der Waals surface area (Å²) in [5.41, 5.74) is 3.79. The van der Waals surface area contributed by atoms with Crippen molar-refractivity contribution in [3.63, 3.8) is 0 Å². The lowest BCUT2D eigenvalue weighted by atomic mass is 10.1. The molecule has 0 atom stereocenters. The molecular formula is C20H25N3OS. The summed E-state index contributed by atoms with van der Waals surface area (Å²) in [6.07, 6.45) is 1.82. The minimum absolute atomic E-state index is 0.227. The number of piperazine rings is 1. The van der Waals surface area contributed by atoms with Crippen LogP contribution in [0.1, 0.15) is 16.7 Å². The van der Waals surface area contributed by atoms with Gasteiger partial charge < -0.3 is 9.80 Å². The third-order valence-corrected chi connectivity index (χ3v) is 5.87. The number of amides is 1. The number of carbonyl (C=O) groups is 1. The van der Waals surface area contributed by atoms with Gasteiger partial charge >= 0.3 is 0 Å². The Morgan fingerprint density at radius 2 is 1.76 bits per heavy atom. The summed E-state index contributed by atoms with van der Waals surface area (Å²) in [7, 11) is 0. The molecule has 0 saturated carbocycles. The van der Waals surface area contributed by atoms with Crippen LogP contribution in [0.3, 0.4) is 0 Å². The Bertz CT molecular complexity index is 717. The summed E-state index contributed by atoms with van der Waals surface area (Å²) < 4.78 is 0. The average Bonchev–Trinajstić information content (AvgIpc) is 2.61. The van der Waals surface area contributed by atoms with Crippen molar-refractivity contribution in [2.75, 3.05) is 36.8 Å². The molecule has 1 amide bonds. The molecule has 132 valence electrons. The molecule has 1 saturated heterocycles. The van der Waals surface area contributed by atoms with Gasteiger partial charge in [0.1, 0.15) is 5.82 Å². The first kappa shape index (κ1) is 17.8. The van der Waals surface area contributed by atoms with Crippen LogP contribution in [0.5, 0.6) is 0 Å². The molecule has 0 bridgehead atoms. The van der Waals surface area contributed by atoms with Crippen LogP contribution < -0.4 is 4.90 Å². The largest absolute Gasteiger partial charge is 0.353 e. The molecule has 25 heavy (non-hydrogen) atoms. The van der Waals surface area contributed by atoms with Crippen molar-refractivity contribution in [3.05, 3.63) is 53.2 Å². The summed E-state index contributed by atoms with van der Waals surface area (Å²) in [5, 5.41) is 0. The van der Waals surface area contributed by atoms with Crippen molar-refractivity contribution in [3.8, 4) is 0 Å². The van der Waals surface area contributed by atoms with E-state index in [0.29, 0.717) is 5.75 Å². The lowest BCUT2D eigenvalue weighted by molar-refractivity contribution is -0.128. The van der Waals surface area contributed by atoms with Crippen LogP contribution in [0.2, 0.25) is 0 Å². The van der Waals surface area contributed by atoms with Crippen LogP contribution in [0.25, 0.3) is 0 Å². The normalized spacial score (nSPS) is 14.7. The molecule has 0 spiro atoms. The van der Waals surface area contributed by atoms with E-state index in [2.05, 4.69) is 42.8 Å². The van der Waals surface area contributed by atoms with Gasteiger partial charge in [-0.3, -0.25) is 4.79 Å². The molecule has 1 aliphatic heterocycles. The second-order valence-corrected chi connectivity index (χ2v) is 7.56. The number of benzene rings is 1. The van der Waals surface area contributed by atoms with Gasteiger partial charge in [0.2, 0.25) is 5.91 Å². The fourth-order valence-corrected chi connectivity index (χ4v) is 4.37. The molecule has 0 aliphatic carbocycles. The third-order valence-electron chi connectivity index (χ3n) is 4.55. The number of aromatic nitrogens is 1. The molecule has 4 nitrogen and oxygen atoms in total. The van der Waals surface area contributed by atoms with Crippen LogP contribution in [0.4, 0.5) is 5.82 Å². The van der Waals surface area contributed by atoms with Gasteiger partial charge in [0.25, 0.3) is 0 Å². The Labute approximate surface area is 154 Å². The average molecular weight is 356 g/mol. The summed E-state index contributed by atoms with van der Waals surface area (Å²) in [6, 6.07) is 10.3. The van der Waals surface area contributed by atoms with Gasteiger partial charge in [0, 0.05) is 37.3 Å². The van der Waals surface area contributed by atoms with Crippen molar-refractivity contribution in [2.45, 2.75) is 25.7 Å². The zero-order valence-electron chi connectivity index (χ0n) is 15.2. The highest BCUT2D eigenvalue weighted by Gasteiger charge is 2.22. The second kappa shape index (κ2) is 7.91. The van der Waals surface area contributed by atoms with Gasteiger partial charge in [-0.15, -0.1) is 11.8 Å². The van der Waals surface area contributed by atoms with Gasteiger partial charge in [-0.1, -0.05) is 23.8 Å². The number of hydrogen-bond donors (Lipinski definition) is 0. The maximum atomic E-state index is 12.6. The number of rotatable bonds is 4. The first-order chi connectivity index (χ1) is 12.0. The first-order valence-electron chi connectivity index (χ1n) is 8.69. The van der Waals surface area contributed by atoms with E-state index in [-0.39, 0.29) is 5.91 Å². The minimum Gasteiger partial charge on any atom is -0.353 e. The quantitative estimate of drug-likeness (QED) is 0.787. The van der Waals surface area contributed by atoms with E-state index in [9.17, 15) is 4.79 Å². The standard InChI is InChI=1S/C20H25N3OS/c1-15-12-16(2)20(17(3)13-15)25-14-19(24)23-10-8-22(9-11-23)18-6-4-5-7-21-18/h4-7,12-13H,8-11,14H2,1-3H3. The van der Waals surface area contributed by atoms with E-state index >= 15 is 0 Å². The van der Waals surface area contributed by atoms with Crippen molar-refractivity contribution in [1.29, 1.82) is 0 Å². The summed E-state index contributed by atoms with van der Waals surface area (Å²) in [5.74, 6) is 1.73. The maximum absolute atomic E-state index is 12.6. The molecule has 1 aliphatic rings. The molecule has 1 aromatic carbocycles. The van der Waals surface area contributed by atoms with Crippen LogP contribution >= 0.6 is 11.8 Å². The molecule has 3 rings (SSSR count). The van der Waals surface area contributed by atoms with Crippen molar-refractivity contribution in [2.24, 2.45) is 0 Å². The SMILES string of the molecule is Cc1cc(C)c(SCC(=O)N2CCN(c3ccccn3)CC2)c(C)c1. The number of hydrogen-bond acceptors (Lipinski definition) is 4. The molecular weight excluding hydrogens is 330 g/mol. The Morgan fingerprint density at radius 3 is 2.36 bits per heavy atom. The Balaban J connectivity index is 1.53. The lowest BCUT2D eigenvalue weighted by Gasteiger charge is -2.35. The highest BCUT2D eigenvalue weighted by Crippen LogP contribution is 2.28. The molecule has 0 radical (unpaired) electrons. The fraction of sp³-hybridized carbons (Fsp3) is 0.400. The van der Waals surface area contributed by atoms with Crippen molar-refractivity contribution >= 4 is 23.5 Å². The zero-order valence-corrected chi connectivity index (χ0v) is 16.0. The molecule has 2 heterocycles. The van der Waals surface area contributed by atoms with Gasteiger partial charge in [0.05, 0.1) is 5.75 Å². The zero-order chi connectivity index (χ0) is 17.8. The Morgan fingerprint density at radius 1 is 1.08 bits per heavy atom. The summed E-state index contributed by atoms with van der Waals surface area (Å²) in [6.45, 7) is 9.58. The monoisotopic (exact) mass is 355 g/mol. The summed E-state index contributed by atoms with van der Waals surface area (Å²) in [4.78, 5) is 22.4. The highest BCUT2D eigenvalue weighted by atomic mass is 32.2. The lowest BCUT2D eigenvalue weighted by Crippen LogP contribution is -2.49. The third kappa shape index (κ3) is 4.34. The van der Waals surface area contributed by atoms with Crippen LogP contribution in [-0.2, 0) is 4.79 Å². The molecule has 5 heteroatoms. The van der Waals surface area contributed by atoms with Gasteiger partial charge in [-0.2, -0.15) is 0 Å². The summed E-state index contributed by atoms with van der Waals surface area (Å²) >= 11 is 1.66. The van der Waals surface area contributed by atoms with Crippen molar-refractivity contribution in [1.82, 2.24) is 9.88 Å². The van der Waals surface area contributed by atoms with E-state index in [1.165, 1.54) is 21.6 Å². The Hall–Kier alpha value is -2.01. The van der Waals surface area contributed by atoms with Crippen LogP contribution in [-0.4, -0.2) is 47.7 Å². The molecule has 0 N–H and O–H groups in total. The van der Waals surface area contributed by atoms with Crippen molar-refractivity contribution < 1.29 is 4.79 Å². The van der Waals surface area contributed by atoms with E-state index < -0.39 is 0 Å². The fourth-order valence-electron chi connectivity index (χ4n) is 3.35. The minimum atomic E-state index is 0.227. The smallest absolute Gasteiger partial charge is 0.233 e. The number of pyridine rings is 1. The Kier molecular flexibility index (Phi) is 5.63. The predicted molar refractivity (Wildman–Crippen MR) is 104 cm³/mol. The van der Waals surface area contributed by atoms with E-state index in [0.717, 1.165) is 32.0 Å². The molecule has 1 aromatic heterocycles. The number of carbonyl (C=O) groups excluding carboxylic acids is 1. The second-order valence-electron chi connectivity index (χ2n) is 6.57. The van der Waals surface area contributed by atoms with Crippen LogP contribution in [0.15, 0.2) is 41.4 Å². The molecule has 1 fully saturated rings. The van der Waals surface area contributed by atoms with Gasteiger partial charge in [-0.25, -0.2) is 4.98 Å².